The lowest BCUT2D eigenvalue weighted by Gasteiger charge is -2.17. The van der Waals surface area contributed by atoms with Crippen molar-refractivity contribution in [1.82, 2.24) is 0 Å². The van der Waals surface area contributed by atoms with E-state index in [1.807, 2.05) is 30.3 Å². The number of unbranched alkanes of at least 4 members (excludes halogenated alkanes) is 5. The molecule has 0 aliphatic heterocycles. The maximum absolute atomic E-state index is 12.0. The van der Waals surface area contributed by atoms with E-state index in [0.717, 1.165) is 24.8 Å². The molecule has 1 aromatic rings. The minimum atomic E-state index is -0.0874. The van der Waals surface area contributed by atoms with E-state index >= 15 is 0 Å². The Kier molecular flexibility index (Phi) is 10.4. The second-order valence-corrected chi connectivity index (χ2v) is 6.12. The number of benzene rings is 1. The van der Waals surface area contributed by atoms with Crippen molar-refractivity contribution in [3.8, 4) is 0 Å². The van der Waals surface area contributed by atoms with E-state index < -0.39 is 0 Å². The van der Waals surface area contributed by atoms with Crippen LogP contribution in [0.3, 0.4) is 0 Å². The zero-order valence-corrected chi connectivity index (χ0v) is 14.4. The molecular weight excluding hydrogens is 272 g/mol. The molecule has 0 aromatic heterocycles. The third-order valence-corrected chi connectivity index (χ3v) is 3.98. The van der Waals surface area contributed by atoms with Gasteiger partial charge in [0.25, 0.3) is 0 Å². The minimum absolute atomic E-state index is 0.0874. The molecule has 0 saturated carbocycles. The molecular formula is C20H32O2. The quantitative estimate of drug-likeness (QED) is 0.366. The molecule has 124 valence electrons. The van der Waals surface area contributed by atoms with Gasteiger partial charge in [-0.1, -0.05) is 82.7 Å². The standard InChI is InChI=1S/C20H32O2/c1-3-5-6-7-8-12-16-19(13-4-2)22-20(21)17-18-14-10-9-11-15-18/h9-11,14-15,19H,3-8,12-13,16-17H2,1-2H3. The van der Waals surface area contributed by atoms with Crippen LogP contribution in [-0.2, 0) is 16.0 Å². The second kappa shape index (κ2) is 12.3. The van der Waals surface area contributed by atoms with Gasteiger partial charge in [-0.15, -0.1) is 0 Å². The summed E-state index contributed by atoms with van der Waals surface area (Å²) in [7, 11) is 0. The fourth-order valence-electron chi connectivity index (χ4n) is 2.73. The van der Waals surface area contributed by atoms with Crippen LogP contribution >= 0.6 is 0 Å². The molecule has 0 heterocycles. The van der Waals surface area contributed by atoms with E-state index in [1.165, 1.54) is 38.5 Å². The summed E-state index contributed by atoms with van der Waals surface area (Å²) in [4.78, 5) is 12.0. The van der Waals surface area contributed by atoms with Crippen molar-refractivity contribution in [3.63, 3.8) is 0 Å². The molecule has 0 spiro atoms. The predicted octanol–water partition coefficient (Wildman–Crippen LogP) is 5.69. The lowest BCUT2D eigenvalue weighted by molar-refractivity contribution is -0.149. The van der Waals surface area contributed by atoms with Crippen LogP contribution in [0.5, 0.6) is 0 Å². The smallest absolute Gasteiger partial charge is 0.310 e. The van der Waals surface area contributed by atoms with E-state index in [-0.39, 0.29) is 12.1 Å². The monoisotopic (exact) mass is 304 g/mol. The summed E-state index contributed by atoms with van der Waals surface area (Å²) in [5.41, 5.74) is 1.03. The highest BCUT2D eigenvalue weighted by atomic mass is 16.5. The van der Waals surface area contributed by atoms with E-state index in [1.54, 1.807) is 0 Å². The van der Waals surface area contributed by atoms with Gasteiger partial charge in [0.05, 0.1) is 6.42 Å². The van der Waals surface area contributed by atoms with Gasteiger partial charge in [0.2, 0.25) is 0 Å². The summed E-state index contributed by atoms with van der Waals surface area (Å²) in [5, 5.41) is 0. The van der Waals surface area contributed by atoms with E-state index in [0.29, 0.717) is 6.42 Å². The number of ether oxygens (including phenoxy) is 1. The SMILES string of the molecule is CCCCCCCCC(CCC)OC(=O)Cc1ccccc1. The maximum atomic E-state index is 12.0. The molecule has 1 rings (SSSR count). The largest absolute Gasteiger partial charge is 0.462 e. The van der Waals surface area contributed by atoms with Gasteiger partial charge in [0, 0.05) is 0 Å². The fraction of sp³-hybridized carbons (Fsp3) is 0.650. The Labute approximate surface area is 136 Å². The average Bonchev–Trinajstić information content (AvgIpc) is 2.51. The van der Waals surface area contributed by atoms with Gasteiger partial charge in [-0.25, -0.2) is 0 Å². The topological polar surface area (TPSA) is 26.3 Å². The number of carbonyl (C=O) groups is 1. The Morgan fingerprint density at radius 2 is 1.59 bits per heavy atom. The highest BCUT2D eigenvalue weighted by Crippen LogP contribution is 2.15. The van der Waals surface area contributed by atoms with Crippen LogP contribution in [0.15, 0.2) is 30.3 Å². The van der Waals surface area contributed by atoms with Crippen molar-refractivity contribution in [2.45, 2.75) is 84.2 Å². The Hall–Kier alpha value is -1.31. The van der Waals surface area contributed by atoms with Crippen molar-refractivity contribution in [2.24, 2.45) is 0 Å². The molecule has 0 amide bonds. The molecule has 1 unspecified atom stereocenters. The summed E-state index contributed by atoms with van der Waals surface area (Å²) in [5.74, 6) is -0.0874. The maximum Gasteiger partial charge on any atom is 0.310 e. The average molecular weight is 304 g/mol. The zero-order chi connectivity index (χ0) is 16.0. The first-order valence-electron chi connectivity index (χ1n) is 8.99. The molecule has 22 heavy (non-hydrogen) atoms. The van der Waals surface area contributed by atoms with Gasteiger partial charge in [0.1, 0.15) is 6.10 Å². The molecule has 2 heteroatoms. The van der Waals surface area contributed by atoms with Gasteiger partial charge in [-0.05, 0) is 24.8 Å². The van der Waals surface area contributed by atoms with Crippen LogP contribution in [-0.4, -0.2) is 12.1 Å². The van der Waals surface area contributed by atoms with Crippen molar-refractivity contribution < 1.29 is 9.53 Å². The number of hydrogen-bond donors (Lipinski definition) is 0. The Morgan fingerprint density at radius 3 is 2.27 bits per heavy atom. The Morgan fingerprint density at radius 1 is 0.909 bits per heavy atom. The summed E-state index contributed by atoms with van der Waals surface area (Å²) in [6, 6.07) is 9.84. The number of rotatable bonds is 12. The molecule has 0 radical (unpaired) electrons. The van der Waals surface area contributed by atoms with Crippen LogP contribution in [0.25, 0.3) is 0 Å². The number of carbonyl (C=O) groups excluding carboxylic acids is 1. The Bertz CT molecular complexity index is 386. The highest BCUT2D eigenvalue weighted by Gasteiger charge is 2.13. The molecule has 2 nitrogen and oxygen atoms in total. The summed E-state index contributed by atoms with van der Waals surface area (Å²) < 4.78 is 5.68. The van der Waals surface area contributed by atoms with Crippen molar-refractivity contribution in [3.05, 3.63) is 35.9 Å². The van der Waals surface area contributed by atoms with Crippen molar-refractivity contribution >= 4 is 5.97 Å². The van der Waals surface area contributed by atoms with Gasteiger partial charge >= 0.3 is 5.97 Å². The molecule has 0 saturated heterocycles. The summed E-state index contributed by atoms with van der Waals surface area (Å²) >= 11 is 0. The molecule has 0 bridgehead atoms. The van der Waals surface area contributed by atoms with Gasteiger partial charge in [-0.2, -0.15) is 0 Å². The third-order valence-electron chi connectivity index (χ3n) is 3.98. The van der Waals surface area contributed by atoms with Crippen molar-refractivity contribution in [1.29, 1.82) is 0 Å². The molecule has 1 atom stereocenters. The van der Waals surface area contributed by atoms with E-state index in [2.05, 4.69) is 13.8 Å². The lowest BCUT2D eigenvalue weighted by Crippen LogP contribution is -2.19. The fourth-order valence-corrected chi connectivity index (χ4v) is 2.73. The normalized spacial score (nSPS) is 12.1. The highest BCUT2D eigenvalue weighted by molar-refractivity contribution is 5.72. The van der Waals surface area contributed by atoms with Crippen LogP contribution < -0.4 is 0 Å². The summed E-state index contributed by atoms with van der Waals surface area (Å²) in [6.07, 6.45) is 11.3. The van der Waals surface area contributed by atoms with Gasteiger partial charge in [0.15, 0.2) is 0 Å². The molecule has 0 aliphatic carbocycles. The van der Waals surface area contributed by atoms with Crippen molar-refractivity contribution in [2.75, 3.05) is 0 Å². The molecule has 0 N–H and O–H groups in total. The van der Waals surface area contributed by atoms with Gasteiger partial charge < -0.3 is 4.74 Å². The third kappa shape index (κ3) is 8.86. The minimum Gasteiger partial charge on any atom is -0.462 e. The van der Waals surface area contributed by atoms with Crippen LogP contribution in [0, 0.1) is 0 Å². The van der Waals surface area contributed by atoms with Gasteiger partial charge in [-0.3, -0.25) is 4.79 Å². The zero-order valence-electron chi connectivity index (χ0n) is 14.4. The molecule has 0 aliphatic rings. The first-order valence-corrected chi connectivity index (χ1v) is 8.99. The first-order chi connectivity index (χ1) is 10.8. The van der Waals surface area contributed by atoms with Crippen LogP contribution in [0.4, 0.5) is 0 Å². The molecule has 1 aromatic carbocycles. The number of esters is 1. The predicted molar refractivity (Wildman–Crippen MR) is 92.9 cm³/mol. The van der Waals surface area contributed by atoms with E-state index in [9.17, 15) is 4.79 Å². The van der Waals surface area contributed by atoms with Crippen LogP contribution in [0.1, 0.15) is 77.2 Å². The number of hydrogen-bond acceptors (Lipinski definition) is 2. The first kappa shape index (κ1) is 18.7. The Balaban J connectivity index is 2.25. The molecule has 0 fully saturated rings. The van der Waals surface area contributed by atoms with E-state index in [4.69, 9.17) is 4.74 Å². The lowest BCUT2D eigenvalue weighted by atomic mass is 10.0. The second-order valence-electron chi connectivity index (χ2n) is 6.12. The van der Waals surface area contributed by atoms with Crippen LogP contribution in [0.2, 0.25) is 0 Å². The summed E-state index contributed by atoms with van der Waals surface area (Å²) in [6.45, 7) is 4.39.